The van der Waals surface area contributed by atoms with E-state index in [1.165, 1.54) is 30.3 Å². The Bertz CT molecular complexity index is 638. The van der Waals surface area contributed by atoms with Crippen LogP contribution < -0.4 is 10.6 Å². The molecule has 110 valence electrons. The minimum Gasteiger partial charge on any atom is -0.332 e. The zero-order chi connectivity index (χ0) is 15.5. The van der Waals surface area contributed by atoms with E-state index in [9.17, 15) is 17.6 Å². The van der Waals surface area contributed by atoms with E-state index < -0.39 is 17.6 Å². The number of nitrogens with one attached hydrogen (secondary N) is 2. The van der Waals surface area contributed by atoms with Gasteiger partial charge in [-0.2, -0.15) is 13.2 Å². The Labute approximate surface area is 123 Å². The lowest BCUT2D eigenvalue weighted by molar-refractivity contribution is -0.137. The first-order valence-corrected chi connectivity index (χ1v) is 6.27. The molecule has 0 aromatic heterocycles. The molecule has 0 amide bonds. The van der Waals surface area contributed by atoms with E-state index in [1.807, 2.05) is 0 Å². The van der Waals surface area contributed by atoms with Crippen LogP contribution in [-0.4, -0.2) is 5.11 Å². The summed E-state index contributed by atoms with van der Waals surface area (Å²) in [6.07, 6.45) is -4.38. The largest absolute Gasteiger partial charge is 0.416 e. The molecule has 2 N–H and O–H groups in total. The second-order valence-electron chi connectivity index (χ2n) is 4.13. The highest BCUT2D eigenvalue weighted by Gasteiger charge is 2.29. The molecule has 0 aliphatic rings. The quantitative estimate of drug-likeness (QED) is 0.623. The van der Waals surface area contributed by atoms with Crippen LogP contribution in [0.25, 0.3) is 0 Å². The highest BCUT2D eigenvalue weighted by molar-refractivity contribution is 7.80. The molecule has 0 atom stereocenters. The molecular formula is C14H10F4N2S. The first-order chi connectivity index (χ1) is 9.86. The van der Waals surface area contributed by atoms with Crippen molar-refractivity contribution < 1.29 is 17.6 Å². The van der Waals surface area contributed by atoms with E-state index in [2.05, 4.69) is 10.6 Å². The Morgan fingerprint density at radius 2 is 1.52 bits per heavy atom. The first-order valence-electron chi connectivity index (χ1n) is 5.86. The molecular weight excluding hydrogens is 304 g/mol. The van der Waals surface area contributed by atoms with Crippen LogP contribution in [0.2, 0.25) is 0 Å². The molecule has 0 radical (unpaired) electrons. The first kappa shape index (κ1) is 15.2. The molecule has 21 heavy (non-hydrogen) atoms. The summed E-state index contributed by atoms with van der Waals surface area (Å²) >= 11 is 4.97. The highest BCUT2D eigenvalue weighted by Crippen LogP contribution is 2.29. The molecule has 0 heterocycles. The van der Waals surface area contributed by atoms with Crippen molar-refractivity contribution in [2.75, 3.05) is 10.6 Å². The van der Waals surface area contributed by atoms with E-state index >= 15 is 0 Å². The summed E-state index contributed by atoms with van der Waals surface area (Å²) in [5.74, 6) is -0.478. The highest BCUT2D eigenvalue weighted by atomic mass is 32.1. The van der Waals surface area contributed by atoms with Crippen LogP contribution in [0.1, 0.15) is 5.56 Å². The number of halogens is 4. The van der Waals surface area contributed by atoms with Gasteiger partial charge in [-0.25, -0.2) is 4.39 Å². The summed E-state index contributed by atoms with van der Waals surface area (Å²) in [6, 6.07) is 10.3. The SMILES string of the molecule is Fc1ccccc1NC(=S)Nc1ccc(C(F)(F)F)cc1. The number of alkyl halides is 3. The van der Waals surface area contributed by atoms with Crippen molar-refractivity contribution >= 4 is 28.7 Å². The van der Waals surface area contributed by atoms with E-state index in [-0.39, 0.29) is 10.8 Å². The summed E-state index contributed by atoms with van der Waals surface area (Å²) in [4.78, 5) is 0. The van der Waals surface area contributed by atoms with Crippen molar-refractivity contribution in [3.8, 4) is 0 Å². The summed E-state index contributed by atoms with van der Waals surface area (Å²) < 4.78 is 50.6. The predicted octanol–water partition coefficient (Wildman–Crippen LogP) is 4.65. The Morgan fingerprint density at radius 1 is 0.905 bits per heavy atom. The minimum atomic E-state index is -4.38. The molecule has 2 aromatic carbocycles. The molecule has 2 aromatic rings. The summed E-state index contributed by atoms with van der Waals surface area (Å²) in [7, 11) is 0. The third-order valence-corrected chi connectivity index (χ3v) is 2.80. The maximum absolute atomic E-state index is 13.4. The fourth-order valence-electron chi connectivity index (χ4n) is 1.59. The maximum Gasteiger partial charge on any atom is 0.416 e. The number of hydrogen-bond donors (Lipinski definition) is 2. The summed E-state index contributed by atoms with van der Waals surface area (Å²) in [6.45, 7) is 0. The molecule has 7 heteroatoms. The molecule has 2 nitrogen and oxygen atoms in total. The van der Waals surface area contributed by atoms with Gasteiger partial charge in [-0.05, 0) is 48.6 Å². The molecule has 0 spiro atoms. The van der Waals surface area contributed by atoms with Gasteiger partial charge in [-0.15, -0.1) is 0 Å². The van der Waals surface area contributed by atoms with Gasteiger partial charge in [0, 0.05) is 5.69 Å². The van der Waals surface area contributed by atoms with Gasteiger partial charge in [0.25, 0.3) is 0 Å². The average Bonchev–Trinajstić information content (AvgIpc) is 2.41. The monoisotopic (exact) mass is 314 g/mol. The van der Waals surface area contributed by atoms with Gasteiger partial charge in [0.1, 0.15) is 5.82 Å². The number of thiocarbonyl (C=S) groups is 1. The molecule has 0 bridgehead atoms. The van der Waals surface area contributed by atoms with Gasteiger partial charge in [0.05, 0.1) is 11.3 Å². The molecule has 0 aliphatic carbocycles. The number of rotatable bonds is 2. The van der Waals surface area contributed by atoms with Crippen LogP contribution in [0.4, 0.5) is 28.9 Å². The number of anilines is 2. The van der Waals surface area contributed by atoms with Gasteiger partial charge in [0.15, 0.2) is 5.11 Å². The van der Waals surface area contributed by atoms with Gasteiger partial charge >= 0.3 is 6.18 Å². The lowest BCUT2D eigenvalue weighted by Crippen LogP contribution is -2.19. The average molecular weight is 314 g/mol. The van der Waals surface area contributed by atoms with Gasteiger partial charge in [-0.1, -0.05) is 12.1 Å². The second-order valence-corrected chi connectivity index (χ2v) is 4.54. The van der Waals surface area contributed by atoms with Crippen LogP contribution in [0, 0.1) is 5.82 Å². The third-order valence-electron chi connectivity index (χ3n) is 2.59. The van der Waals surface area contributed by atoms with Crippen molar-refractivity contribution in [3.63, 3.8) is 0 Å². The molecule has 0 saturated carbocycles. The van der Waals surface area contributed by atoms with E-state index in [0.29, 0.717) is 5.69 Å². The van der Waals surface area contributed by atoms with Crippen LogP contribution in [0.3, 0.4) is 0 Å². The second kappa shape index (κ2) is 6.09. The Morgan fingerprint density at radius 3 is 2.10 bits per heavy atom. The van der Waals surface area contributed by atoms with Gasteiger partial charge in [0.2, 0.25) is 0 Å². The molecule has 0 aliphatic heterocycles. The van der Waals surface area contributed by atoms with Crippen LogP contribution in [0.15, 0.2) is 48.5 Å². The van der Waals surface area contributed by atoms with Crippen molar-refractivity contribution in [2.24, 2.45) is 0 Å². The smallest absolute Gasteiger partial charge is 0.332 e. The van der Waals surface area contributed by atoms with Crippen LogP contribution in [0.5, 0.6) is 0 Å². The Hall–Kier alpha value is -2.15. The standard InChI is InChI=1S/C14H10F4N2S/c15-11-3-1-2-4-12(11)20-13(21)19-10-7-5-9(6-8-10)14(16,17)18/h1-8H,(H2,19,20,21). The fourth-order valence-corrected chi connectivity index (χ4v) is 1.82. The van der Waals surface area contributed by atoms with E-state index in [4.69, 9.17) is 12.2 Å². The van der Waals surface area contributed by atoms with Gasteiger partial charge in [-0.3, -0.25) is 0 Å². The van der Waals surface area contributed by atoms with Crippen molar-refractivity contribution in [1.29, 1.82) is 0 Å². The predicted molar refractivity (Wildman–Crippen MR) is 77.7 cm³/mol. The lowest BCUT2D eigenvalue weighted by Gasteiger charge is -2.12. The van der Waals surface area contributed by atoms with Crippen molar-refractivity contribution in [2.45, 2.75) is 6.18 Å². The number of para-hydroxylation sites is 1. The van der Waals surface area contributed by atoms with E-state index in [0.717, 1.165) is 12.1 Å². The zero-order valence-electron chi connectivity index (χ0n) is 10.5. The van der Waals surface area contributed by atoms with Crippen molar-refractivity contribution in [3.05, 3.63) is 59.9 Å². The summed E-state index contributed by atoms with van der Waals surface area (Å²) in [5, 5.41) is 5.39. The summed E-state index contributed by atoms with van der Waals surface area (Å²) in [5.41, 5.74) is -0.195. The normalized spacial score (nSPS) is 11.0. The number of benzene rings is 2. The number of hydrogen-bond acceptors (Lipinski definition) is 1. The Balaban J connectivity index is 2.02. The van der Waals surface area contributed by atoms with Crippen molar-refractivity contribution in [1.82, 2.24) is 0 Å². The lowest BCUT2D eigenvalue weighted by atomic mass is 10.2. The van der Waals surface area contributed by atoms with E-state index in [1.54, 1.807) is 6.07 Å². The molecule has 2 rings (SSSR count). The van der Waals surface area contributed by atoms with Crippen LogP contribution in [-0.2, 0) is 6.18 Å². The molecule has 0 unspecified atom stereocenters. The van der Waals surface area contributed by atoms with Crippen LogP contribution >= 0.6 is 12.2 Å². The molecule has 0 saturated heterocycles. The Kier molecular flexibility index (Phi) is 4.42. The maximum atomic E-state index is 13.4. The zero-order valence-corrected chi connectivity index (χ0v) is 11.4. The topological polar surface area (TPSA) is 24.1 Å². The molecule has 0 fully saturated rings. The minimum absolute atomic E-state index is 0.0832. The third kappa shape index (κ3) is 4.16. The van der Waals surface area contributed by atoms with Gasteiger partial charge < -0.3 is 10.6 Å². The fraction of sp³-hybridized carbons (Fsp3) is 0.0714.